The molecule has 1 amide bonds. The summed E-state index contributed by atoms with van der Waals surface area (Å²) in [5.41, 5.74) is 1.24. The van der Waals surface area contributed by atoms with E-state index in [1.807, 2.05) is 0 Å². The molecular weight excluding hydrogens is 553 g/mol. The van der Waals surface area contributed by atoms with Crippen LogP contribution in [-0.2, 0) is 19.6 Å². The lowest BCUT2D eigenvalue weighted by Gasteiger charge is -2.50. The third-order valence-corrected chi connectivity index (χ3v) is 8.86. The second-order valence-electron chi connectivity index (χ2n) is 9.52. The van der Waals surface area contributed by atoms with Crippen molar-refractivity contribution >= 4 is 45.1 Å². The highest BCUT2D eigenvalue weighted by atomic mass is 35.5. The number of nitrogens with two attached hydrogens (primary N) is 1. The third kappa shape index (κ3) is 5.37. The lowest BCUT2D eigenvalue weighted by Crippen LogP contribution is -2.61. The van der Waals surface area contributed by atoms with Gasteiger partial charge in [0, 0.05) is 15.6 Å². The minimum atomic E-state index is -3.78. The Kier molecular flexibility index (Phi) is 8.59. The van der Waals surface area contributed by atoms with E-state index < -0.39 is 40.0 Å². The third-order valence-electron chi connectivity index (χ3n) is 7.26. The molecule has 1 aliphatic carbocycles. The van der Waals surface area contributed by atoms with Crippen LogP contribution in [0.25, 0.3) is 0 Å². The van der Waals surface area contributed by atoms with Gasteiger partial charge in [0.2, 0.25) is 10.0 Å². The van der Waals surface area contributed by atoms with Gasteiger partial charge in [0.1, 0.15) is 11.7 Å². The van der Waals surface area contributed by atoms with Crippen molar-refractivity contribution in [2.75, 3.05) is 20.0 Å². The normalized spacial score (nSPS) is 23.8. The van der Waals surface area contributed by atoms with Crippen molar-refractivity contribution in [3.8, 4) is 5.75 Å². The predicted octanol–water partition coefficient (Wildman–Crippen LogP) is 4.29. The van der Waals surface area contributed by atoms with Gasteiger partial charge in [-0.15, -0.1) is 4.41 Å². The van der Waals surface area contributed by atoms with Gasteiger partial charge in [-0.2, -0.15) is 0 Å². The molecule has 1 heterocycles. The quantitative estimate of drug-likeness (QED) is 0.293. The summed E-state index contributed by atoms with van der Waals surface area (Å²) in [5.74, 6) is 4.72. The first kappa shape index (κ1) is 28.6. The number of fused-ring (bicyclic) bond motifs is 1. The topological polar surface area (TPSA) is 119 Å². The molecule has 0 bridgehead atoms. The largest absolute Gasteiger partial charge is 0.497 e. The molecule has 2 aromatic rings. The molecule has 1 saturated carbocycles. The van der Waals surface area contributed by atoms with Crippen molar-refractivity contribution in [2.45, 2.75) is 56.7 Å². The monoisotopic (exact) mass is 583 g/mol. The minimum absolute atomic E-state index is 0.131. The molecule has 38 heavy (non-hydrogen) atoms. The fraction of sp³-hybridized carbons (Fsp3) is 0.462. The number of hydrogen-bond acceptors (Lipinski definition) is 7. The molecule has 9 nitrogen and oxygen atoms in total. The molecule has 206 valence electrons. The number of hydrogen-bond donors (Lipinski definition) is 1. The zero-order valence-corrected chi connectivity index (χ0v) is 23.7. The van der Waals surface area contributed by atoms with Crippen molar-refractivity contribution in [1.82, 2.24) is 9.31 Å². The Balaban J connectivity index is 1.99. The predicted molar refractivity (Wildman–Crippen MR) is 145 cm³/mol. The Morgan fingerprint density at radius 1 is 1.13 bits per heavy atom. The van der Waals surface area contributed by atoms with E-state index in [2.05, 4.69) is 0 Å². The Hall–Kier alpha value is -2.37. The molecule has 1 aliphatic heterocycles. The van der Waals surface area contributed by atoms with E-state index >= 15 is 0 Å². The van der Waals surface area contributed by atoms with Crippen LogP contribution < -0.4 is 10.6 Å². The molecule has 0 aromatic heterocycles. The van der Waals surface area contributed by atoms with Gasteiger partial charge in [-0.05, 0) is 55.2 Å². The van der Waals surface area contributed by atoms with Gasteiger partial charge >= 0.3 is 5.97 Å². The summed E-state index contributed by atoms with van der Waals surface area (Å²) in [5, 5.41) is 0.664. The minimum Gasteiger partial charge on any atom is -0.497 e. The number of sulfonamides is 1. The van der Waals surface area contributed by atoms with Crippen LogP contribution in [0.4, 0.5) is 0 Å². The summed E-state index contributed by atoms with van der Waals surface area (Å²) in [6.45, 7) is 1.84. The number of carbonyl (C=O) groups is 2. The first-order valence-electron chi connectivity index (χ1n) is 12.4. The average Bonchev–Trinajstić information content (AvgIpc) is 2.87. The van der Waals surface area contributed by atoms with Crippen LogP contribution in [0.2, 0.25) is 10.0 Å². The van der Waals surface area contributed by atoms with E-state index in [0.717, 1.165) is 23.5 Å². The first-order chi connectivity index (χ1) is 18.0. The van der Waals surface area contributed by atoms with Crippen molar-refractivity contribution in [3.05, 3.63) is 63.1 Å². The highest BCUT2D eigenvalue weighted by molar-refractivity contribution is 7.88. The summed E-state index contributed by atoms with van der Waals surface area (Å²) in [4.78, 5) is 29.5. The molecule has 2 N–H and O–H groups in total. The Morgan fingerprint density at radius 2 is 1.82 bits per heavy atom. The number of amides is 1. The zero-order chi connectivity index (χ0) is 27.8. The van der Waals surface area contributed by atoms with E-state index in [9.17, 15) is 18.0 Å². The molecule has 1 fully saturated rings. The van der Waals surface area contributed by atoms with E-state index in [0.29, 0.717) is 34.7 Å². The van der Waals surface area contributed by atoms with Gasteiger partial charge in [0.05, 0.1) is 38.1 Å². The lowest BCUT2D eigenvalue weighted by molar-refractivity contribution is -0.147. The van der Waals surface area contributed by atoms with Gasteiger partial charge in [0.25, 0.3) is 5.91 Å². The molecule has 0 spiro atoms. The number of methoxy groups -OCH3 is 1. The van der Waals surface area contributed by atoms with Crippen LogP contribution in [0.5, 0.6) is 5.75 Å². The Morgan fingerprint density at radius 3 is 2.45 bits per heavy atom. The lowest BCUT2D eigenvalue weighted by atomic mass is 9.76. The zero-order valence-electron chi connectivity index (χ0n) is 21.4. The van der Waals surface area contributed by atoms with Crippen molar-refractivity contribution < 1.29 is 27.5 Å². The van der Waals surface area contributed by atoms with Crippen LogP contribution >= 0.6 is 23.2 Å². The molecule has 0 saturated heterocycles. The molecule has 2 aromatic carbocycles. The average molecular weight is 585 g/mol. The molecule has 4 atom stereocenters. The number of nitrogens with zero attached hydrogens (tertiary/aromatic N) is 2. The van der Waals surface area contributed by atoms with E-state index in [1.54, 1.807) is 48.2 Å². The molecule has 12 heteroatoms. The fourth-order valence-corrected chi connectivity index (χ4v) is 6.85. The van der Waals surface area contributed by atoms with Gasteiger partial charge < -0.3 is 14.4 Å². The number of ether oxygens (including phenoxy) is 2. The molecular formula is C26H31Cl2N3O6S. The fourth-order valence-electron chi connectivity index (χ4n) is 5.59. The van der Waals surface area contributed by atoms with Crippen LogP contribution in [0, 0.1) is 0 Å². The highest BCUT2D eigenvalue weighted by Gasteiger charge is 2.51. The molecule has 0 radical (unpaired) electrons. The van der Waals surface area contributed by atoms with Crippen LogP contribution in [0.3, 0.4) is 0 Å². The maximum Gasteiger partial charge on any atom is 0.315 e. The van der Waals surface area contributed by atoms with E-state index in [4.69, 9.17) is 38.5 Å². The number of carbonyl (C=O) groups excluding carboxylic acids is 2. The molecule has 0 unspecified atom stereocenters. The maximum atomic E-state index is 14.3. The summed E-state index contributed by atoms with van der Waals surface area (Å²) in [6, 6.07) is 7.60. The van der Waals surface area contributed by atoms with Crippen LogP contribution in [-0.4, -0.2) is 61.7 Å². The second kappa shape index (κ2) is 11.4. The summed E-state index contributed by atoms with van der Waals surface area (Å²) in [7, 11) is -2.29. The van der Waals surface area contributed by atoms with E-state index in [1.165, 1.54) is 7.11 Å². The Labute approximate surface area is 232 Å². The molecule has 4 rings (SSSR count). The van der Waals surface area contributed by atoms with Crippen LogP contribution in [0.1, 0.15) is 66.1 Å². The molecule has 2 aliphatic rings. The number of benzene rings is 2. The van der Waals surface area contributed by atoms with Crippen molar-refractivity contribution in [1.29, 1.82) is 0 Å². The Bertz CT molecular complexity index is 1340. The van der Waals surface area contributed by atoms with Gasteiger partial charge in [-0.25, -0.2) is 8.42 Å². The van der Waals surface area contributed by atoms with Crippen molar-refractivity contribution in [2.24, 2.45) is 5.84 Å². The smallest absolute Gasteiger partial charge is 0.315 e. The van der Waals surface area contributed by atoms with E-state index in [-0.39, 0.29) is 23.1 Å². The van der Waals surface area contributed by atoms with Crippen molar-refractivity contribution in [3.63, 3.8) is 0 Å². The SMILES string of the molecule is CCOC(=O)[C@@H]1c2ccc(OC)cc2C(=O)N([C@H]2CCCC[C@@H]2N(N)S(C)(=O)=O)[C@H]1c1ccc(Cl)cc1Cl. The summed E-state index contributed by atoms with van der Waals surface area (Å²) in [6.07, 6.45) is 3.46. The highest BCUT2D eigenvalue weighted by Crippen LogP contribution is 2.49. The number of rotatable bonds is 7. The standard InChI is InChI=1S/C26H31Cl2N3O6S/c1-4-37-26(33)23-17-12-10-16(36-2)14-19(17)25(32)30(24(23)18-11-9-15(27)13-20(18)28)21-7-5-6-8-22(21)31(29)38(3,34)35/h9-14,21-24H,4-8,29H2,1-3H3/t21-,22-,23+,24-/m0/s1. The number of hydrazine groups is 1. The second-order valence-corrected chi connectivity index (χ2v) is 12.2. The van der Waals surface area contributed by atoms with Crippen LogP contribution in [0.15, 0.2) is 36.4 Å². The number of halogens is 2. The first-order valence-corrected chi connectivity index (χ1v) is 15.0. The summed E-state index contributed by atoms with van der Waals surface area (Å²) < 4.78 is 36.7. The van der Waals surface area contributed by atoms with Gasteiger partial charge in [-0.3, -0.25) is 15.4 Å². The maximum absolute atomic E-state index is 14.3. The summed E-state index contributed by atoms with van der Waals surface area (Å²) >= 11 is 12.9. The van der Waals surface area contributed by atoms with Gasteiger partial charge in [0.15, 0.2) is 0 Å². The number of esters is 1. The van der Waals surface area contributed by atoms with Gasteiger partial charge in [-0.1, -0.05) is 48.2 Å².